The van der Waals surface area contributed by atoms with Gasteiger partial charge >= 0.3 is 6.09 Å². The number of hydrogen-bond donors (Lipinski definition) is 2. The molecular formula is C26H33N5O4. The number of fused-ring (bicyclic) bond motifs is 1. The largest absolute Gasteiger partial charge is 0.465 e. The second kappa shape index (κ2) is 11.0. The summed E-state index contributed by atoms with van der Waals surface area (Å²) in [6, 6.07) is 8.89. The Morgan fingerprint density at radius 1 is 1.17 bits per heavy atom. The van der Waals surface area contributed by atoms with Gasteiger partial charge in [0, 0.05) is 45.5 Å². The van der Waals surface area contributed by atoms with E-state index in [1.807, 2.05) is 20.0 Å². The van der Waals surface area contributed by atoms with E-state index in [1.165, 1.54) is 9.80 Å². The first kappa shape index (κ1) is 24.8. The maximum absolute atomic E-state index is 12.6. The first-order chi connectivity index (χ1) is 16.8. The molecule has 9 nitrogen and oxygen atoms in total. The molecule has 4 rings (SSSR count). The average Bonchev–Trinajstić information content (AvgIpc) is 3.08. The number of imide groups is 1. The molecule has 1 saturated heterocycles. The molecule has 2 aliphatic rings. The quantitative estimate of drug-likeness (QED) is 0.421. The Morgan fingerprint density at radius 2 is 1.89 bits per heavy atom. The third kappa shape index (κ3) is 5.68. The maximum atomic E-state index is 12.6. The molecule has 9 heteroatoms. The highest BCUT2D eigenvalue weighted by Crippen LogP contribution is 2.23. The summed E-state index contributed by atoms with van der Waals surface area (Å²) >= 11 is 0. The number of hydrogen-bond acceptors (Lipinski definition) is 6. The first-order valence-corrected chi connectivity index (χ1v) is 12.1. The molecule has 35 heavy (non-hydrogen) atoms. The lowest BCUT2D eigenvalue weighted by atomic mass is 10.1. The molecule has 186 valence electrons. The Balaban J connectivity index is 1.39. The normalized spacial score (nSPS) is 17.9. The van der Waals surface area contributed by atoms with Gasteiger partial charge in [-0.15, -0.1) is 0 Å². The molecule has 0 unspecified atom stereocenters. The molecule has 1 aromatic carbocycles. The molecular weight excluding hydrogens is 446 g/mol. The highest BCUT2D eigenvalue weighted by atomic mass is 16.4. The van der Waals surface area contributed by atoms with Crippen LogP contribution < -0.4 is 5.32 Å². The van der Waals surface area contributed by atoms with Crippen LogP contribution in [-0.2, 0) is 6.54 Å². The maximum Gasteiger partial charge on any atom is 0.407 e. The van der Waals surface area contributed by atoms with Crippen LogP contribution in [0.2, 0.25) is 0 Å². The van der Waals surface area contributed by atoms with Crippen LogP contribution in [0.1, 0.15) is 50.4 Å². The van der Waals surface area contributed by atoms with Crippen LogP contribution in [0, 0.1) is 13.8 Å². The molecule has 0 aliphatic carbocycles. The number of aromatic nitrogens is 1. The second-order valence-electron chi connectivity index (χ2n) is 9.36. The zero-order chi connectivity index (χ0) is 24.9. The smallest absolute Gasteiger partial charge is 0.407 e. The van der Waals surface area contributed by atoms with Gasteiger partial charge in [0.05, 0.1) is 22.9 Å². The lowest BCUT2D eigenvalue weighted by molar-refractivity contribution is 0.0649. The van der Waals surface area contributed by atoms with Crippen molar-refractivity contribution in [2.75, 3.05) is 39.3 Å². The summed E-state index contributed by atoms with van der Waals surface area (Å²) in [5, 5.41) is 12.9. The Kier molecular flexibility index (Phi) is 7.77. The van der Waals surface area contributed by atoms with Gasteiger partial charge in [0.15, 0.2) is 0 Å². The van der Waals surface area contributed by atoms with Crippen LogP contribution in [0.15, 0.2) is 36.5 Å². The summed E-state index contributed by atoms with van der Waals surface area (Å²) in [6.45, 7) is 8.07. The summed E-state index contributed by atoms with van der Waals surface area (Å²) in [5.74, 6) is -0.459. The number of rotatable bonds is 9. The van der Waals surface area contributed by atoms with Crippen LogP contribution in [0.5, 0.6) is 0 Å². The van der Waals surface area contributed by atoms with Gasteiger partial charge in [0.2, 0.25) is 0 Å². The Hall–Kier alpha value is -3.30. The van der Waals surface area contributed by atoms with Gasteiger partial charge in [-0.1, -0.05) is 18.2 Å². The second-order valence-corrected chi connectivity index (χ2v) is 9.36. The van der Waals surface area contributed by atoms with Crippen LogP contribution in [0.25, 0.3) is 0 Å². The van der Waals surface area contributed by atoms with Gasteiger partial charge in [-0.2, -0.15) is 0 Å². The SMILES string of the molecule is Cc1cnc(CN(CCCCN2C(=O)c3ccccc3C2=O)C[C@H]2CNCCN2C(=O)O)c(C)c1. The van der Waals surface area contributed by atoms with Gasteiger partial charge in [-0.3, -0.25) is 24.4 Å². The number of carbonyl (C=O) groups is 3. The zero-order valence-electron chi connectivity index (χ0n) is 20.4. The molecule has 2 aliphatic heterocycles. The predicted molar refractivity (Wildman–Crippen MR) is 131 cm³/mol. The van der Waals surface area contributed by atoms with E-state index in [0.29, 0.717) is 63.4 Å². The molecule has 1 atom stereocenters. The molecule has 2 N–H and O–H groups in total. The minimum absolute atomic E-state index is 0.150. The molecule has 2 aromatic rings. The van der Waals surface area contributed by atoms with Crippen molar-refractivity contribution in [2.45, 2.75) is 39.3 Å². The molecule has 0 spiro atoms. The molecule has 3 amide bonds. The van der Waals surface area contributed by atoms with Crippen molar-refractivity contribution < 1.29 is 19.5 Å². The van der Waals surface area contributed by atoms with Crippen LogP contribution in [-0.4, -0.2) is 88.0 Å². The van der Waals surface area contributed by atoms with Crippen molar-refractivity contribution in [3.63, 3.8) is 0 Å². The lowest BCUT2D eigenvalue weighted by Crippen LogP contribution is -2.57. The van der Waals surface area contributed by atoms with E-state index in [2.05, 4.69) is 21.3 Å². The van der Waals surface area contributed by atoms with Crippen LogP contribution in [0.3, 0.4) is 0 Å². The Morgan fingerprint density at radius 3 is 2.54 bits per heavy atom. The van der Waals surface area contributed by atoms with Crippen LogP contribution >= 0.6 is 0 Å². The minimum Gasteiger partial charge on any atom is -0.465 e. The summed E-state index contributed by atoms with van der Waals surface area (Å²) in [4.78, 5) is 46.7. The summed E-state index contributed by atoms with van der Waals surface area (Å²) < 4.78 is 0. The number of carboxylic acid groups (broad SMARTS) is 1. The minimum atomic E-state index is -0.897. The number of pyridine rings is 1. The number of aryl methyl sites for hydroxylation is 2. The number of carbonyl (C=O) groups excluding carboxylic acids is 2. The fraction of sp³-hybridized carbons (Fsp3) is 0.462. The third-order valence-electron chi connectivity index (χ3n) is 6.75. The van der Waals surface area contributed by atoms with Crippen molar-refractivity contribution in [2.24, 2.45) is 0 Å². The molecule has 1 aromatic heterocycles. The van der Waals surface area contributed by atoms with Crippen molar-refractivity contribution in [1.82, 2.24) is 25.0 Å². The highest BCUT2D eigenvalue weighted by Gasteiger charge is 2.34. The molecule has 3 heterocycles. The van der Waals surface area contributed by atoms with Gasteiger partial charge in [-0.25, -0.2) is 4.79 Å². The molecule has 0 radical (unpaired) electrons. The first-order valence-electron chi connectivity index (χ1n) is 12.1. The van der Waals surface area contributed by atoms with Crippen molar-refractivity contribution in [3.05, 3.63) is 64.5 Å². The fourth-order valence-corrected chi connectivity index (χ4v) is 4.88. The van der Waals surface area contributed by atoms with E-state index in [9.17, 15) is 19.5 Å². The average molecular weight is 480 g/mol. The Labute approximate surface area is 205 Å². The van der Waals surface area contributed by atoms with E-state index < -0.39 is 6.09 Å². The third-order valence-corrected chi connectivity index (χ3v) is 6.75. The van der Waals surface area contributed by atoms with E-state index in [1.54, 1.807) is 24.3 Å². The van der Waals surface area contributed by atoms with Gasteiger partial charge in [0.1, 0.15) is 0 Å². The number of nitrogens with one attached hydrogen (secondary N) is 1. The summed E-state index contributed by atoms with van der Waals surface area (Å²) in [6.07, 6.45) is 2.40. The van der Waals surface area contributed by atoms with Crippen LogP contribution in [0.4, 0.5) is 4.79 Å². The van der Waals surface area contributed by atoms with E-state index in [-0.39, 0.29) is 17.9 Å². The molecule has 0 saturated carbocycles. The van der Waals surface area contributed by atoms with E-state index in [4.69, 9.17) is 0 Å². The summed E-state index contributed by atoms with van der Waals surface area (Å²) in [7, 11) is 0. The monoisotopic (exact) mass is 479 g/mol. The number of unbranched alkanes of at least 4 members (excludes halogenated alkanes) is 1. The Bertz CT molecular complexity index is 1070. The predicted octanol–water partition coefficient (Wildman–Crippen LogP) is 2.53. The topological polar surface area (TPSA) is 106 Å². The standard InChI is InChI=1S/C26H33N5O4/c1-18-13-19(2)23(28-14-18)17-29(16-20-15-27-9-12-30(20)26(34)35)10-5-6-11-31-24(32)21-7-3-4-8-22(21)25(31)33/h3-4,7-8,13-14,20,27H,5-6,9-12,15-17H2,1-2H3,(H,34,35)/t20-/m1/s1. The van der Waals surface area contributed by atoms with Crippen molar-refractivity contribution in [3.8, 4) is 0 Å². The highest BCUT2D eigenvalue weighted by molar-refractivity contribution is 6.21. The number of piperazine rings is 1. The van der Waals surface area contributed by atoms with E-state index in [0.717, 1.165) is 23.2 Å². The van der Waals surface area contributed by atoms with Gasteiger partial charge < -0.3 is 15.3 Å². The lowest BCUT2D eigenvalue weighted by Gasteiger charge is -2.37. The number of benzene rings is 1. The summed E-state index contributed by atoms with van der Waals surface area (Å²) in [5.41, 5.74) is 4.13. The fourth-order valence-electron chi connectivity index (χ4n) is 4.88. The number of amides is 3. The molecule has 1 fully saturated rings. The van der Waals surface area contributed by atoms with Gasteiger partial charge in [0.25, 0.3) is 11.8 Å². The van der Waals surface area contributed by atoms with E-state index >= 15 is 0 Å². The van der Waals surface area contributed by atoms with Crippen molar-refractivity contribution >= 4 is 17.9 Å². The van der Waals surface area contributed by atoms with Gasteiger partial charge in [-0.05, 0) is 56.5 Å². The number of nitrogens with zero attached hydrogens (tertiary/aromatic N) is 4. The van der Waals surface area contributed by atoms with Crippen molar-refractivity contribution in [1.29, 1.82) is 0 Å². The zero-order valence-corrected chi connectivity index (χ0v) is 20.4. The molecule has 0 bridgehead atoms.